The lowest BCUT2D eigenvalue weighted by Crippen LogP contribution is -2.50. The first-order valence-electron chi connectivity index (χ1n) is 8.88. The van der Waals surface area contributed by atoms with Crippen molar-refractivity contribution in [2.24, 2.45) is 0 Å². The monoisotopic (exact) mass is 418 g/mol. The smallest absolute Gasteiger partial charge is 0.143 e. The Balaban J connectivity index is 1.63. The second-order valence-corrected chi connectivity index (χ2v) is 7.85. The van der Waals surface area contributed by atoms with Gasteiger partial charge in [-0.3, -0.25) is 4.90 Å². The Morgan fingerprint density at radius 3 is 2.73 bits per heavy atom. The summed E-state index contributed by atoms with van der Waals surface area (Å²) in [6.07, 6.45) is 3.41. The number of nitrogens with zero attached hydrogens (tertiary/aromatic N) is 2. The number of rotatable bonds is 4. The normalized spacial score (nSPS) is 18.4. The number of hydrogen-bond donors (Lipinski definition) is 0. The molecule has 5 nitrogen and oxygen atoms in total. The molecule has 0 amide bonds. The maximum atomic E-state index is 6.42. The Morgan fingerprint density at radius 2 is 2.04 bits per heavy atom. The van der Waals surface area contributed by atoms with Crippen LogP contribution in [0.1, 0.15) is 30.5 Å². The van der Waals surface area contributed by atoms with E-state index < -0.39 is 0 Å². The van der Waals surface area contributed by atoms with Crippen molar-refractivity contribution in [2.75, 3.05) is 20.8 Å². The third kappa shape index (κ3) is 3.40. The van der Waals surface area contributed by atoms with Crippen molar-refractivity contribution in [1.82, 2.24) is 9.88 Å². The number of ether oxygens (including phenoxy) is 3. The van der Waals surface area contributed by atoms with E-state index in [4.69, 9.17) is 14.2 Å². The van der Waals surface area contributed by atoms with Gasteiger partial charge in [0.15, 0.2) is 0 Å². The number of aromatic nitrogens is 1. The molecule has 0 atom stereocenters. The zero-order valence-electron chi connectivity index (χ0n) is 15.1. The molecule has 0 unspecified atom stereocenters. The summed E-state index contributed by atoms with van der Waals surface area (Å²) >= 11 is 3.48. The summed E-state index contributed by atoms with van der Waals surface area (Å²) < 4.78 is 18.2. The number of hydrogen-bond acceptors (Lipinski definition) is 5. The van der Waals surface area contributed by atoms with Gasteiger partial charge in [0.25, 0.3) is 0 Å². The van der Waals surface area contributed by atoms with Gasteiger partial charge >= 0.3 is 0 Å². The van der Waals surface area contributed by atoms with Gasteiger partial charge in [0.1, 0.15) is 27.5 Å². The summed E-state index contributed by atoms with van der Waals surface area (Å²) in [5.74, 6) is 2.56. The van der Waals surface area contributed by atoms with Gasteiger partial charge in [-0.25, -0.2) is 4.98 Å². The predicted molar refractivity (Wildman–Crippen MR) is 103 cm³/mol. The van der Waals surface area contributed by atoms with Crippen LogP contribution in [-0.2, 0) is 13.1 Å². The second kappa shape index (κ2) is 7.08. The molecule has 2 aromatic rings. The molecule has 0 saturated heterocycles. The first-order valence-corrected chi connectivity index (χ1v) is 9.68. The molecule has 6 heteroatoms. The highest BCUT2D eigenvalue weighted by molar-refractivity contribution is 9.10. The van der Waals surface area contributed by atoms with Crippen molar-refractivity contribution in [1.29, 1.82) is 0 Å². The summed E-state index contributed by atoms with van der Waals surface area (Å²) in [6, 6.07) is 9.98. The first kappa shape index (κ1) is 17.6. The largest absolute Gasteiger partial charge is 0.497 e. The molecule has 1 aliphatic heterocycles. The van der Waals surface area contributed by atoms with Crippen LogP contribution in [-0.4, -0.2) is 36.2 Å². The number of fused-ring (bicyclic) bond motifs is 1. The van der Waals surface area contributed by atoms with E-state index in [1.165, 1.54) is 6.42 Å². The van der Waals surface area contributed by atoms with Gasteiger partial charge < -0.3 is 14.2 Å². The zero-order chi connectivity index (χ0) is 18.1. The van der Waals surface area contributed by atoms with Crippen LogP contribution in [0.5, 0.6) is 17.2 Å². The van der Waals surface area contributed by atoms with Gasteiger partial charge in [0.2, 0.25) is 0 Å². The summed E-state index contributed by atoms with van der Waals surface area (Å²) in [5, 5.41) is 0. The molecule has 26 heavy (non-hydrogen) atoms. The van der Waals surface area contributed by atoms with Crippen LogP contribution in [0, 0.1) is 0 Å². The Labute approximate surface area is 162 Å². The van der Waals surface area contributed by atoms with Gasteiger partial charge in [-0.2, -0.15) is 0 Å². The SMILES string of the molecule is COc1ccc(CN2Cc3nc(Br)ccc3OC3(CCC3)C2)c(OC)c1. The first-order chi connectivity index (χ1) is 12.6. The van der Waals surface area contributed by atoms with Crippen LogP contribution >= 0.6 is 15.9 Å². The highest BCUT2D eigenvalue weighted by atomic mass is 79.9. The molecule has 1 fully saturated rings. The van der Waals surface area contributed by atoms with E-state index in [0.717, 1.165) is 65.6 Å². The molecule has 1 saturated carbocycles. The fourth-order valence-electron chi connectivity index (χ4n) is 3.78. The summed E-state index contributed by atoms with van der Waals surface area (Å²) in [4.78, 5) is 7.07. The summed E-state index contributed by atoms with van der Waals surface area (Å²) in [5.41, 5.74) is 2.04. The van der Waals surface area contributed by atoms with Crippen molar-refractivity contribution < 1.29 is 14.2 Å². The van der Waals surface area contributed by atoms with Crippen molar-refractivity contribution in [3.05, 3.63) is 46.2 Å². The van der Waals surface area contributed by atoms with Gasteiger partial charge in [0.05, 0.1) is 19.9 Å². The summed E-state index contributed by atoms with van der Waals surface area (Å²) in [6.45, 7) is 2.44. The van der Waals surface area contributed by atoms with Crippen molar-refractivity contribution in [3.8, 4) is 17.2 Å². The van der Waals surface area contributed by atoms with Gasteiger partial charge in [-0.1, -0.05) is 6.07 Å². The Bertz CT molecular complexity index is 808. The molecule has 1 aliphatic carbocycles. The van der Waals surface area contributed by atoms with Crippen LogP contribution < -0.4 is 14.2 Å². The number of methoxy groups -OCH3 is 2. The lowest BCUT2D eigenvalue weighted by Gasteiger charge is -2.43. The second-order valence-electron chi connectivity index (χ2n) is 7.04. The third-order valence-electron chi connectivity index (χ3n) is 5.26. The Morgan fingerprint density at radius 1 is 1.19 bits per heavy atom. The topological polar surface area (TPSA) is 43.8 Å². The highest BCUT2D eigenvalue weighted by Gasteiger charge is 2.43. The Kier molecular flexibility index (Phi) is 4.80. The quantitative estimate of drug-likeness (QED) is 0.696. The van der Waals surface area contributed by atoms with E-state index in [0.29, 0.717) is 0 Å². The number of benzene rings is 1. The van der Waals surface area contributed by atoms with Crippen LogP contribution in [0.4, 0.5) is 0 Å². The predicted octanol–water partition coefficient (Wildman–Crippen LogP) is 4.18. The molecular weight excluding hydrogens is 396 g/mol. The maximum Gasteiger partial charge on any atom is 0.143 e. The van der Waals surface area contributed by atoms with Crippen LogP contribution in [0.25, 0.3) is 0 Å². The minimum atomic E-state index is -0.0829. The van der Waals surface area contributed by atoms with E-state index >= 15 is 0 Å². The minimum absolute atomic E-state index is 0.0829. The van der Waals surface area contributed by atoms with Crippen LogP contribution in [0.15, 0.2) is 34.9 Å². The van der Waals surface area contributed by atoms with Crippen LogP contribution in [0.2, 0.25) is 0 Å². The van der Waals surface area contributed by atoms with E-state index in [1.54, 1.807) is 14.2 Å². The lowest BCUT2D eigenvalue weighted by atomic mass is 9.79. The molecule has 1 aromatic carbocycles. The fourth-order valence-corrected chi connectivity index (χ4v) is 4.12. The molecule has 138 valence electrons. The third-order valence-corrected chi connectivity index (χ3v) is 5.70. The molecule has 0 bridgehead atoms. The molecule has 1 spiro atoms. The molecule has 2 heterocycles. The number of halogens is 1. The van der Waals surface area contributed by atoms with E-state index in [1.807, 2.05) is 24.3 Å². The lowest BCUT2D eigenvalue weighted by molar-refractivity contribution is -0.0303. The molecule has 2 aliphatic rings. The average molecular weight is 419 g/mol. The maximum absolute atomic E-state index is 6.42. The van der Waals surface area contributed by atoms with Crippen molar-refractivity contribution in [2.45, 2.75) is 38.0 Å². The van der Waals surface area contributed by atoms with E-state index in [-0.39, 0.29) is 5.60 Å². The standard InChI is InChI=1S/C20H23BrN2O3/c1-24-15-5-4-14(18(10-15)25-2)11-23-12-16-17(6-7-19(21)22-16)26-20(13-23)8-3-9-20/h4-7,10H,3,8-9,11-13H2,1-2H3. The minimum Gasteiger partial charge on any atom is -0.497 e. The molecule has 1 aromatic heterocycles. The summed E-state index contributed by atoms with van der Waals surface area (Å²) in [7, 11) is 3.37. The van der Waals surface area contributed by atoms with E-state index in [2.05, 4.69) is 31.9 Å². The fraction of sp³-hybridized carbons (Fsp3) is 0.450. The molecular formula is C20H23BrN2O3. The molecule has 0 radical (unpaired) electrons. The van der Waals surface area contributed by atoms with Crippen molar-refractivity contribution in [3.63, 3.8) is 0 Å². The van der Waals surface area contributed by atoms with Gasteiger partial charge in [0, 0.05) is 31.3 Å². The Hall–Kier alpha value is -1.79. The molecule has 4 rings (SSSR count). The molecule has 0 N–H and O–H groups in total. The van der Waals surface area contributed by atoms with Gasteiger partial charge in [-0.15, -0.1) is 0 Å². The van der Waals surface area contributed by atoms with E-state index in [9.17, 15) is 0 Å². The average Bonchev–Trinajstić information content (AvgIpc) is 2.78. The highest BCUT2D eigenvalue weighted by Crippen LogP contribution is 2.41. The van der Waals surface area contributed by atoms with Crippen LogP contribution in [0.3, 0.4) is 0 Å². The van der Waals surface area contributed by atoms with Crippen molar-refractivity contribution >= 4 is 15.9 Å². The van der Waals surface area contributed by atoms with Gasteiger partial charge in [-0.05, 0) is 53.4 Å². The zero-order valence-corrected chi connectivity index (χ0v) is 16.7. The number of pyridine rings is 1.